The molecule has 2 rings (SSSR count). The van der Waals surface area contributed by atoms with E-state index in [1.54, 1.807) is 6.92 Å². The Morgan fingerprint density at radius 1 is 1.15 bits per heavy atom. The Kier molecular flexibility index (Phi) is 5.65. The highest BCUT2D eigenvalue weighted by molar-refractivity contribution is 6.01. The van der Waals surface area contributed by atoms with Gasteiger partial charge >= 0.3 is 5.97 Å². The van der Waals surface area contributed by atoms with Crippen LogP contribution in [0, 0.1) is 13.8 Å². The summed E-state index contributed by atoms with van der Waals surface area (Å²) < 4.78 is 15.6. The number of carbonyl (C=O) groups is 2. The van der Waals surface area contributed by atoms with E-state index in [9.17, 15) is 24.9 Å². The monoisotopic (exact) mass is 380 g/mol. The average molecular weight is 380 g/mol. The van der Waals surface area contributed by atoms with Crippen LogP contribution in [0.2, 0.25) is 0 Å². The molecule has 0 saturated carbocycles. The van der Waals surface area contributed by atoms with E-state index in [0.29, 0.717) is 5.56 Å². The van der Waals surface area contributed by atoms with Gasteiger partial charge in [0.1, 0.15) is 40.6 Å². The minimum Gasteiger partial charge on any atom is -0.507 e. The van der Waals surface area contributed by atoms with Crippen molar-refractivity contribution in [3.8, 4) is 11.5 Å². The third kappa shape index (κ3) is 3.20. The van der Waals surface area contributed by atoms with Crippen molar-refractivity contribution in [2.75, 3.05) is 14.2 Å². The predicted molar refractivity (Wildman–Crippen MR) is 94.7 cm³/mol. The molecule has 0 saturated heterocycles. The number of aryl methyl sites for hydroxylation is 1. The van der Waals surface area contributed by atoms with Gasteiger partial charge in [-0.1, -0.05) is 0 Å². The van der Waals surface area contributed by atoms with Gasteiger partial charge in [0.2, 0.25) is 0 Å². The summed E-state index contributed by atoms with van der Waals surface area (Å²) in [5.74, 6) is -1.60. The van der Waals surface area contributed by atoms with Crippen molar-refractivity contribution in [1.29, 1.82) is 0 Å². The fraction of sp³-hybridized carbons (Fsp3) is 0.474. The molecule has 0 heterocycles. The standard InChI is InChI=1S/C19H24O8/c1-8-7-11(9(2)13(20)12(8)18(24)25-5)27-15-10(3)14(21)16(22)19(4,26-6)17(15)23/h7,16-17,20,22-23H,1-6H3/t16-,17-,19-/m1/s1. The average Bonchev–Trinajstić information content (AvgIpc) is 2.65. The second kappa shape index (κ2) is 7.30. The number of aliphatic hydroxyl groups excluding tert-OH is 2. The van der Waals surface area contributed by atoms with Crippen LogP contribution in [0.4, 0.5) is 0 Å². The first kappa shape index (κ1) is 20.9. The minimum absolute atomic E-state index is 0.00507. The van der Waals surface area contributed by atoms with Crippen molar-refractivity contribution in [3.05, 3.63) is 34.1 Å². The SMILES string of the molecule is COC(=O)c1c(C)cc(OC2=C(C)C(=O)[C@@H](O)[C@@](C)(OC)[C@@H]2O)c(C)c1O. The van der Waals surface area contributed by atoms with Gasteiger partial charge in [0.25, 0.3) is 0 Å². The minimum atomic E-state index is -1.59. The van der Waals surface area contributed by atoms with E-state index in [1.807, 2.05) is 0 Å². The highest BCUT2D eigenvalue weighted by atomic mass is 16.5. The fourth-order valence-electron chi connectivity index (χ4n) is 3.01. The number of methoxy groups -OCH3 is 2. The maximum Gasteiger partial charge on any atom is 0.341 e. The number of ketones is 1. The Labute approximate surface area is 157 Å². The van der Waals surface area contributed by atoms with Gasteiger partial charge in [0, 0.05) is 18.2 Å². The molecule has 148 valence electrons. The van der Waals surface area contributed by atoms with Crippen LogP contribution in [0.3, 0.4) is 0 Å². The van der Waals surface area contributed by atoms with Crippen molar-refractivity contribution >= 4 is 11.8 Å². The molecule has 1 aromatic rings. The molecule has 1 aromatic carbocycles. The zero-order valence-electron chi connectivity index (χ0n) is 16.1. The van der Waals surface area contributed by atoms with Gasteiger partial charge in [-0.15, -0.1) is 0 Å². The van der Waals surface area contributed by atoms with Crippen molar-refractivity contribution in [2.24, 2.45) is 0 Å². The summed E-state index contributed by atoms with van der Waals surface area (Å²) >= 11 is 0. The van der Waals surface area contributed by atoms with Crippen LogP contribution in [-0.4, -0.2) is 59.1 Å². The number of carbonyl (C=O) groups excluding carboxylic acids is 2. The zero-order chi connectivity index (χ0) is 20.7. The molecule has 1 aliphatic rings. The number of benzene rings is 1. The smallest absolute Gasteiger partial charge is 0.341 e. The van der Waals surface area contributed by atoms with Crippen LogP contribution in [0.15, 0.2) is 17.4 Å². The van der Waals surface area contributed by atoms with Gasteiger partial charge in [-0.3, -0.25) is 4.79 Å². The van der Waals surface area contributed by atoms with E-state index in [1.165, 1.54) is 41.1 Å². The molecule has 27 heavy (non-hydrogen) atoms. The summed E-state index contributed by atoms with van der Waals surface area (Å²) in [6, 6.07) is 1.49. The Balaban J connectivity index is 2.56. The quantitative estimate of drug-likeness (QED) is 0.665. The molecule has 0 aliphatic heterocycles. The fourth-order valence-corrected chi connectivity index (χ4v) is 3.01. The number of phenols is 1. The van der Waals surface area contributed by atoms with E-state index in [-0.39, 0.29) is 34.0 Å². The molecule has 0 amide bonds. The summed E-state index contributed by atoms with van der Waals surface area (Å²) in [7, 11) is 2.47. The summed E-state index contributed by atoms with van der Waals surface area (Å²) in [4.78, 5) is 24.2. The van der Waals surface area contributed by atoms with Crippen LogP contribution < -0.4 is 4.74 Å². The van der Waals surface area contributed by atoms with Gasteiger partial charge in [0.05, 0.1) is 7.11 Å². The second-order valence-corrected chi connectivity index (χ2v) is 6.68. The number of aromatic hydroxyl groups is 1. The third-order valence-electron chi connectivity index (χ3n) is 5.07. The summed E-state index contributed by atoms with van der Waals surface area (Å²) in [6.07, 6.45) is -2.99. The Hall–Kier alpha value is -2.42. The number of esters is 1. The van der Waals surface area contributed by atoms with Crippen molar-refractivity contribution in [3.63, 3.8) is 0 Å². The molecule has 0 aromatic heterocycles. The van der Waals surface area contributed by atoms with Gasteiger partial charge in [0.15, 0.2) is 5.78 Å². The molecular weight excluding hydrogens is 356 g/mol. The van der Waals surface area contributed by atoms with Crippen molar-refractivity contribution < 1.29 is 39.1 Å². The van der Waals surface area contributed by atoms with Gasteiger partial charge in [-0.2, -0.15) is 0 Å². The summed E-state index contributed by atoms with van der Waals surface area (Å²) in [5, 5.41) is 31.2. The van der Waals surface area contributed by atoms with Crippen molar-refractivity contribution in [2.45, 2.75) is 45.5 Å². The first-order valence-corrected chi connectivity index (χ1v) is 8.26. The number of Topliss-reactive ketones (excluding diaryl/α,β-unsaturated/α-hetero) is 1. The van der Waals surface area contributed by atoms with Gasteiger partial charge in [-0.05, 0) is 39.3 Å². The van der Waals surface area contributed by atoms with E-state index >= 15 is 0 Å². The molecule has 0 bridgehead atoms. The molecule has 8 heteroatoms. The first-order chi connectivity index (χ1) is 12.5. The predicted octanol–water partition coefficient (Wildman–Crippen LogP) is 1.16. The van der Waals surface area contributed by atoms with Crippen molar-refractivity contribution in [1.82, 2.24) is 0 Å². The number of ether oxygens (including phenoxy) is 3. The van der Waals surface area contributed by atoms with Gasteiger partial charge < -0.3 is 29.5 Å². The van der Waals surface area contributed by atoms with Crippen LogP contribution in [-0.2, 0) is 14.3 Å². The Bertz CT molecular complexity index is 825. The largest absolute Gasteiger partial charge is 0.507 e. The van der Waals surface area contributed by atoms with Crippen LogP contribution >= 0.6 is 0 Å². The summed E-state index contributed by atoms with van der Waals surface area (Å²) in [6.45, 7) is 5.93. The van der Waals surface area contributed by atoms with Crippen LogP contribution in [0.5, 0.6) is 11.5 Å². The molecule has 0 radical (unpaired) electrons. The zero-order valence-corrected chi connectivity index (χ0v) is 16.1. The Morgan fingerprint density at radius 3 is 2.26 bits per heavy atom. The van der Waals surface area contributed by atoms with E-state index in [2.05, 4.69) is 4.74 Å². The molecule has 0 spiro atoms. The van der Waals surface area contributed by atoms with Crippen LogP contribution in [0.25, 0.3) is 0 Å². The normalized spacial score (nSPS) is 25.6. The van der Waals surface area contributed by atoms with Crippen LogP contribution in [0.1, 0.15) is 35.3 Å². The third-order valence-corrected chi connectivity index (χ3v) is 5.07. The maximum atomic E-state index is 12.4. The lowest BCUT2D eigenvalue weighted by atomic mass is 9.80. The van der Waals surface area contributed by atoms with E-state index in [4.69, 9.17) is 9.47 Å². The molecule has 0 fully saturated rings. The lowest BCUT2D eigenvalue weighted by Gasteiger charge is -2.41. The number of aliphatic hydroxyl groups is 2. The number of rotatable bonds is 4. The molecule has 1 aliphatic carbocycles. The highest BCUT2D eigenvalue weighted by Gasteiger charge is 2.52. The van der Waals surface area contributed by atoms with E-state index < -0.39 is 29.6 Å². The molecular formula is C19H24O8. The highest BCUT2D eigenvalue weighted by Crippen LogP contribution is 2.39. The Morgan fingerprint density at radius 2 is 1.74 bits per heavy atom. The molecule has 3 atom stereocenters. The first-order valence-electron chi connectivity index (χ1n) is 8.26. The number of hydrogen-bond acceptors (Lipinski definition) is 8. The molecule has 8 nitrogen and oxygen atoms in total. The van der Waals surface area contributed by atoms with E-state index in [0.717, 1.165) is 0 Å². The summed E-state index contributed by atoms with van der Waals surface area (Å²) in [5.41, 5.74) is -0.928. The molecule has 0 unspecified atom stereocenters. The number of phenolic OH excluding ortho intramolecular Hbond substituents is 1. The number of hydrogen-bond donors (Lipinski definition) is 3. The topological polar surface area (TPSA) is 123 Å². The second-order valence-electron chi connectivity index (χ2n) is 6.68. The lowest BCUT2D eigenvalue weighted by molar-refractivity contribution is -0.170. The maximum absolute atomic E-state index is 12.4. The lowest BCUT2D eigenvalue weighted by Crippen LogP contribution is -2.59. The van der Waals surface area contributed by atoms with Gasteiger partial charge in [-0.25, -0.2) is 4.79 Å². The molecule has 3 N–H and O–H groups in total.